The van der Waals surface area contributed by atoms with E-state index in [2.05, 4.69) is 15.3 Å². The van der Waals surface area contributed by atoms with Crippen LogP contribution in [0.5, 0.6) is 0 Å². The molecule has 0 bridgehead atoms. The molecule has 7 heteroatoms. The Morgan fingerprint density at radius 2 is 2.29 bits per heavy atom. The number of carbonyl (C=O) groups is 1. The number of nitrogens with zero attached hydrogens (tertiary/aromatic N) is 3. The number of carbonyl (C=O) groups excluding carboxylic acids is 1. The van der Waals surface area contributed by atoms with E-state index in [1.54, 1.807) is 11.9 Å². The Bertz CT molecular complexity index is 440. The summed E-state index contributed by atoms with van der Waals surface area (Å²) in [5, 5.41) is 3.75. The van der Waals surface area contributed by atoms with Crippen LogP contribution in [-0.2, 0) is 4.79 Å². The predicted molar refractivity (Wildman–Crippen MR) is 66.3 cm³/mol. The van der Waals surface area contributed by atoms with Crippen molar-refractivity contribution in [3.63, 3.8) is 0 Å². The second-order valence-electron chi connectivity index (χ2n) is 3.99. The van der Waals surface area contributed by atoms with Gasteiger partial charge in [-0.2, -0.15) is 4.98 Å². The van der Waals surface area contributed by atoms with E-state index in [1.807, 2.05) is 0 Å². The van der Waals surface area contributed by atoms with Crippen LogP contribution in [0, 0.1) is 0 Å². The normalized spacial score (nSPS) is 20.5. The standard InChI is InChI=1S/C10H12Cl2N4O/c1-16-5-6(2-3-8(16)17)14-9-7(11)4-13-10(12)15-9/h4,6H,2-3,5H2,1H3,(H,13,14,15). The molecule has 0 aromatic carbocycles. The van der Waals surface area contributed by atoms with Crippen LogP contribution in [0.15, 0.2) is 6.20 Å². The molecule has 1 aliphatic rings. The Morgan fingerprint density at radius 3 is 3.00 bits per heavy atom. The minimum Gasteiger partial charge on any atom is -0.364 e. The minimum absolute atomic E-state index is 0.140. The highest BCUT2D eigenvalue weighted by Crippen LogP contribution is 2.22. The number of hydrogen-bond donors (Lipinski definition) is 1. The zero-order valence-corrected chi connectivity index (χ0v) is 10.8. The van der Waals surface area contributed by atoms with Crippen molar-refractivity contribution in [2.45, 2.75) is 18.9 Å². The van der Waals surface area contributed by atoms with Crippen LogP contribution in [0.3, 0.4) is 0 Å². The number of nitrogens with one attached hydrogen (secondary N) is 1. The largest absolute Gasteiger partial charge is 0.364 e. The molecule has 1 aromatic rings. The minimum atomic E-state index is 0.140. The highest BCUT2D eigenvalue weighted by molar-refractivity contribution is 6.33. The average Bonchev–Trinajstić information content (AvgIpc) is 2.29. The van der Waals surface area contributed by atoms with E-state index in [9.17, 15) is 4.79 Å². The summed E-state index contributed by atoms with van der Waals surface area (Å²) in [6.07, 6.45) is 2.75. The Labute approximate surface area is 109 Å². The number of likely N-dealkylation sites (tertiary alicyclic amines) is 1. The molecular weight excluding hydrogens is 263 g/mol. The maximum atomic E-state index is 11.3. The van der Waals surface area contributed by atoms with Crippen molar-refractivity contribution in [3.05, 3.63) is 16.5 Å². The summed E-state index contributed by atoms with van der Waals surface area (Å²) in [4.78, 5) is 20.8. The van der Waals surface area contributed by atoms with Gasteiger partial charge in [0, 0.05) is 26.1 Å². The molecule has 1 fully saturated rings. The smallest absolute Gasteiger partial charge is 0.224 e. The van der Waals surface area contributed by atoms with Crippen LogP contribution >= 0.6 is 23.2 Å². The van der Waals surface area contributed by atoms with Gasteiger partial charge in [0.15, 0.2) is 0 Å². The zero-order chi connectivity index (χ0) is 12.4. The molecule has 1 atom stereocenters. The Morgan fingerprint density at radius 1 is 1.53 bits per heavy atom. The fraction of sp³-hybridized carbons (Fsp3) is 0.500. The summed E-state index contributed by atoms with van der Waals surface area (Å²) in [6, 6.07) is 0.140. The van der Waals surface area contributed by atoms with Crippen LogP contribution in [0.25, 0.3) is 0 Å². The van der Waals surface area contributed by atoms with E-state index in [-0.39, 0.29) is 17.2 Å². The fourth-order valence-electron chi connectivity index (χ4n) is 1.77. The summed E-state index contributed by atoms with van der Waals surface area (Å²) in [7, 11) is 1.78. The van der Waals surface area contributed by atoms with E-state index in [0.29, 0.717) is 23.8 Å². The summed E-state index contributed by atoms with van der Waals surface area (Å²) in [5.41, 5.74) is 0. The molecule has 1 amide bonds. The topological polar surface area (TPSA) is 58.1 Å². The quantitative estimate of drug-likeness (QED) is 0.836. The highest BCUT2D eigenvalue weighted by atomic mass is 35.5. The van der Waals surface area contributed by atoms with Crippen molar-refractivity contribution in [1.29, 1.82) is 0 Å². The van der Waals surface area contributed by atoms with E-state index in [0.717, 1.165) is 6.42 Å². The number of halogens is 2. The lowest BCUT2D eigenvalue weighted by Gasteiger charge is -2.30. The third-order valence-electron chi connectivity index (χ3n) is 2.68. The molecule has 1 aromatic heterocycles. The maximum Gasteiger partial charge on any atom is 0.224 e. The van der Waals surface area contributed by atoms with Gasteiger partial charge < -0.3 is 10.2 Å². The molecule has 2 heterocycles. The van der Waals surface area contributed by atoms with Crippen molar-refractivity contribution < 1.29 is 4.79 Å². The number of rotatable bonds is 2. The predicted octanol–water partition coefficient (Wildman–Crippen LogP) is 1.82. The number of amides is 1. The molecule has 1 N–H and O–H groups in total. The molecule has 92 valence electrons. The lowest BCUT2D eigenvalue weighted by Crippen LogP contribution is -2.43. The lowest BCUT2D eigenvalue weighted by atomic mass is 10.1. The second-order valence-corrected chi connectivity index (χ2v) is 4.74. The molecule has 5 nitrogen and oxygen atoms in total. The number of aromatic nitrogens is 2. The molecule has 0 spiro atoms. The first-order valence-corrected chi connectivity index (χ1v) is 6.00. The Kier molecular flexibility index (Phi) is 3.69. The summed E-state index contributed by atoms with van der Waals surface area (Å²) in [5.74, 6) is 0.675. The number of hydrogen-bond acceptors (Lipinski definition) is 4. The number of anilines is 1. The third kappa shape index (κ3) is 2.98. The lowest BCUT2D eigenvalue weighted by molar-refractivity contribution is -0.132. The van der Waals surface area contributed by atoms with Gasteiger partial charge in [-0.25, -0.2) is 4.98 Å². The van der Waals surface area contributed by atoms with Gasteiger partial charge >= 0.3 is 0 Å². The van der Waals surface area contributed by atoms with E-state index in [4.69, 9.17) is 23.2 Å². The number of likely N-dealkylation sites (N-methyl/N-ethyl adjacent to an activating group) is 1. The first-order chi connectivity index (χ1) is 8.06. The highest BCUT2D eigenvalue weighted by Gasteiger charge is 2.23. The molecular formula is C10H12Cl2N4O. The SMILES string of the molecule is CN1CC(Nc2nc(Cl)ncc2Cl)CCC1=O. The molecule has 0 radical (unpaired) electrons. The maximum absolute atomic E-state index is 11.3. The first-order valence-electron chi connectivity index (χ1n) is 5.25. The van der Waals surface area contributed by atoms with Gasteiger partial charge in [0.1, 0.15) is 10.8 Å². The van der Waals surface area contributed by atoms with Crippen LogP contribution < -0.4 is 5.32 Å². The molecule has 0 saturated carbocycles. The fourth-order valence-corrected chi connectivity index (χ4v) is 2.05. The molecule has 0 aliphatic carbocycles. The van der Waals surface area contributed by atoms with Gasteiger partial charge in [-0.05, 0) is 18.0 Å². The molecule has 2 rings (SSSR count). The summed E-state index contributed by atoms with van der Waals surface area (Å²) in [6.45, 7) is 0.636. The van der Waals surface area contributed by atoms with Crippen LogP contribution in [0.1, 0.15) is 12.8 Å². The van der Waals surface area contributed by atoms with Gasteiger partial charge in [0.25, 0.3) is 0 Å². The summed E-state index contributed by atoms with van der Waals surface area (Å²) < 4.78 is 0. The first kappa shape index (κ1) is 12.4. The van der Waals surface area contributed by atoms with Gasteiger partial charge in [0.2, 0.25) is 11.2 Å². The van der Waals surface area contributed by atoms with Gasteiger partial charge in [-0.3, -0.25) is 4.79 Å². The average molecular weight is 275 g/mol. The molecule has 1 saturated heterocycles. The van der Waals surface area contributed by atoms with Crippen LogP contribution in [-0.4, -0.2) is 40.4 Å². The van der Waals surface area contributed by atoms with Crippen LogP contribution in [0.2, 0.25) is 10.3 Å². The summed E-state index contributed by atoms with van der Waals surface area (Å²) >= 11 is 11.7. The van der Waals surface area contributed by atoms with Gasteiger partial charge in [0.05, 0.1) is 6.20 Å². The van der Waals surface area contributed by atoms with Crippen LogP contribution in [0.4, 0.5) is 5.82 Å². The van der Waals surface area contributed by atoms with Gasteiger partial charge in [-0.15, -0.1) is 0 Å². The molecule has 1 unspecified atom stereocenters. The van der Waals surface area contributed by atoms with Crippen molar-refractivity contribution >= 4 is 34.9 Å². The van der Waals surface area contributed by atoms with Crippen molar-refractivity contribution in [3.8, 4) is 0 Å². The Balaban J connectivity index is 2.06. The molecule has 17 heavy (non-hydrogen) atoms. The van der Waals surface area contributed by atoms with E-state index < -0.39 is 0 Å². The van der Waals surface area contributed by atoms with E-state index >= 15 is 0 Å². The van der Waals surface area contributed by atoms with Crippen molar-refractivity contribution in [2.75, 3.05) is 18.9 Å². The van der Waals surface area contributed by atoms with E-state index in [1.165, 1.54) is 6.20 Å². The monoisotopic (exact) mass is 274 g/mol. The van der Waals surface area contributed by atoms with Crippen molar-refractivity contribution in [2.24, 2.45) is 0 Å². The number of piperidine rings is 1. The Hall–Kier alpha value is -1.07. The second kappa shape index (κ2) is 5.06. The third-order valence-corrected chi connectivity index (χ3v) is 3.14. The van der Waals surface area contributed by atoms with Crippen molar-refractivity contribution in [1.82, 2.24) is 14.9 Å². The zero-order valence-electron chi connectivity index (χ0n) is 9.28. The molecule has 1 aliphatic heterocycles. The van der Waals surface area contributed by atoms with Gasteiger partial charge in [-0.1, -0.05) is 11.6 Å².